The molecule has 1 amide bonds. The molecule has 3 aromatic carbocycles. The average molecular weight is 423 g/mol. The first-order valence-corrected chi connectivity index (χ1v) is 11.4. The summed E-state index contributed by atoms with van der Waals surface area (Å²) in [5.74, 6) is 0.245. The highest BCUT2D eigenvalue weighted by Gasteiger charge is 2.23. The molecule has 1 N–H and O–H groups in total. The molecule has 0 spiro atoms. The lowest BCUT2D eigenvalue weighted by molar-refractivity contribution is 0.102. The van der Waals surface area contributed by atoms with Gasteiger partial charge in [0.25, 0.3) is 5.91 Å². The molecular weight excluding hydrogens is 400 g/mol. The summed E-state index contributed by atoms with van der Waals surface area (Å²) < 4.78 is 31.1. The smallest absolute Gasteiger partial charge is 0.259 e. The van der Waals surface area contributed by atoms with Crippen molar-refractivity contribution in [3.8, 4) is 16.9 Å². The molecule has 0 bridgehead atoms. The van der Waals surface area contributed by atoms with E-state index in [0.717, 1.165) is 33.7 Å². The molecule has 6 nitrogen and oxygen atoms in total. The fraction of sp³-hybridized carbons (Fsp3) is 0.174. The number of para-hydroxylation sites is 1. The van der Waals surface area contributed by atoms with Crippen molar-refractivity contribution in [3.63, 3.8) is 0 Å². The van der Waals surface area contributed by atoms with Crippen molar-refractivity contribution in [3.05, 3.63) is 77.9 Å². The Kier molecular flexibility index (Phi) is 5.22. The molecule has 0 fully saturated rings. The highest BCUT2D eigenvalue weighted by molar-refractivity contribution is 7.92. The molecule has 30 heavy (non-hydrogen) atoms. The van der Waals surface area contributed by atoms with Gasteiger partial charge in [-0.25, -0.2) is 8.42 Å². The lowest BCUT2D eigenvalue weighted by Crippen LogP contribution is -2.26. The first-order chi connectivity index (χ1) is 14.3. The summed E-state index contributed by atoms with van der Waals surface area (Å²) in [4.78, 5) is 13.1. The molecule has 0 saturated heterocycles. The van der Waals surface area contributed by atoms with Gasteiger partial charge in [0.2, 0.25) is 10.0 Å². The number of nitrogens with zero attached hydrogens (tertiary/aromatic N) is 1. The van der Waals surface area contributed by atoms with Gasteiger partial charge in [0.1, 0.15) is 5.75 Å². The quantitative estimate of drug-likeness (QED) is 0.676. The van der Waals surface area contributed by atoms with Gasteiger partial charge in [0, 0.05) is 13.5 Å². The minimum absolute atomic E-state index is 0.345. The Morgan fingerprint density at radius 2 is 1.77 bits per heavy atom. The van der Waals surface area contributed by atoms with E-state index in [4.69, 9.17) is 4.74 Å². The van der Waals surface area contributed by atoms with E-state index in [2.05, 4.69) is 5.32 Å². The summed E-state index contributed by atoms with van der Waals surface area (Å²) in [5.41, 5.74) is 4.05. The number of amides is 1. The average Bonchev–Trinajstić information content (AvgIpc) is 3.22. The van der Waals surface area contributed by atoms with Crippen LogP contribution in [-0.2, 0) is 16.4 Å². The van der Waals surface area contributed by atoms with Crippen LogP contribution in [0.25, 0.3) is 11.1 Å². The zero-order valence-electron chi connectivity index (χ0n) is 16.8. The highest BCUT2D eigenvalue weighted by atomic mass is 32.2. The maximum atomic E-state index is 13.1. The maximum absolute atomic E-state index is 13.1. The number of sulfonamides is 1. The van der Waals surface area contributed by atoms with Crippen LogP contribution in [0.3, 0.4) is 0 Å². The minimum atomic E-state index is -3.51. The van der Waals surface area contributed by atoms with Crippen LogP contribution in [0.15, 0.2) is 66.7 Å². The predicted octanol–water partition coefficient (Wildman–Crippen LogP) is 3.94. The van der Waals surface area contributed by atoms with Crippen molar-refractivity contribution in [2.24, 2.45) is 0 Å². The third-order valence-corrected chi connectivity index (χ3v) is 6.34. The third kappa shape index (κ3) is 3.89. The van der Waals surface area contributed by atoms with Crippen molar-refractivity contribution >= 4 is 27.3 Å². The van der Waals surface area contributed by atoms with Crippen molar-refractivity contribution in [1.82, 2.24) is 0 Å². The van der Waals surface area contributed by atoms with Crippen LogP contribution in [0.2, 0.25) is 0 Å². The number of anilines is 2. The van der Waals surface area contributed by atoms with E-state index >= 15 is 0 Å². The normalized spacial score (nSPS) is 12.7. The fourth-order valence-electron chi connectivity index (χ4n) is 3.48. The Bertz CT molecular complexity index is 1210. The van der Waals surface area contributed by atoms with Crippen LogP contribution in [-0.4, -0.2) is 34.2 Å². The number of carbonyl (C=O) groups is 1. The van der Waals surface area contributed by atoms with Gasteiger partial charge in [0.15, 0.2) is 0 Å². The minimum Gasteiger partial charge on any atom is -0.492 e. The molecule has 0 aromatic heterocycles. The molecule has 1 aliphatic heterocycles. The van der Waals surface area contributed by atoms with Gasteiger partial charge >= 0.3 is 0 Å². The van der Waals surface area contributed by atoms with E-state index in [-0.39, 0.29) is 5.91 Å². The van der Waals surface area contributed by atoms with Crippen LogP contribution in [0.1, 0.15) is 15.9 Å². The second-order valence-electron chi connectivity index (χ2n) is 7.17. The topological polar surface area (TPSA) is 75.7 Å². The number of hydrogen-bond acceptors (Lipinski definition) is 4. The molecule has 0 aliphatic carbocycles. The van der Waals surface area contributed by atoms with Crippen molar-refractivity contribution in [2.45, 2.75) is 6.42 Å². The van der Waals surface area contributed by atoms with Crippen molar-refractivity contribution in [2.75, 3.05) is 29.5 Å². The van der Waals surface area contributed by atoms with Gasteiger partial charge in [0.05, 0.1) is 29.8 Å². The molecule has 0 unspecified atom stereocenters. The summed E-state index contributed by atoms with van der Waals surface area (Å²) in [6.45, 7) is 0.547. The standard InChI is InChI=1S/C23H22N2O4S/c1-25(30(2,27)28)21-12-11-18(16-7-4-3-5-8-16)15-20(21)24-23(26)19-10-6-9-17-13-14-29-22(17)19/h3-12,15H,13-14H2,1-2H3,(H,24,26). The summed E-state index contributed by atoms with van der Waals surface area (Å²) in [7, 11) is -2.04. The van der Waals surface area contributed by atoms with Gasteiger partial charge in [-0.3, -0.25) is 9.10 Å². The molecular formula is C23H22N2O4S. The van der Waals surface area contributed by atoms with E-state index in [1.165, 1.54) is 7.05 Å². The monoisotopic (exact) mass is 422 g/mol. The SMILES string of the molecule is CN(c1ccc(-c2ccccc2)cc1NC(=O)c1cccc2c1OCC2)S(C)(=O)=O. The third-order valence-electron chi connectivity index (χ3n) is 5.15. The summed E-state index contributed by atoms with van der Waals surface area (Å²) in [6, 6.07) is 20.5. The fourth-order valence-corrected chi connectivity index (χ4v) is 4.00. The molecule has 4 rings (SSSR count). The summed E-state index contributed by atoms with van der Waals surface area (Å²) in [5, 5.41) is 2.89. The first-order valence-electron chi connectivity index (χ1n) is 9.54. The predicted molar refractivity (Wildman–Crippen MR) is 119 cm³/mol. The lowest BCUT2D eigenvalue weighted by atomic mass is 10.0. The van der Waals surface area contributed by atoms with Gasteiger partial charge in [-0.05, 0) is 34.9 Å². The molecule has 0 saturated carbocycles. The molecule has 1 heterocycles. The van der Waals surface area contributed by atoms with Gasteiger partial charge in [-0.15, -0.1) is 0 Å². The molecule has 154 valence electrons. The van der Waals surface area contributed by atoms with Crippen molar-refractivity contribution in [1.29, 1.82) is 0 Å². The molecule has 7 heteroatoms. The van der Waals surface area contributed by atoms with E-state index in [0.29, 0.717) is 29.3 Å². The van der Waals surface area contributed by atoms with Gasteiger partial charge in [-0.2, -0.15) is 0 Å². The second-order valence-corrected chi connectivity index (χ2v) is 9.19. The number of nitrogens with one attached hydrogen (secondary N) is 1. The number of rotatable bonds is 5. The zero-order valence-corrected chi connectivity index (χ0v) is 17.6. The van der Waals surface area contributed by atoms with E-state index in [1.54, 1.807) is 18.2 Å². The summed E-state index contributed by atoms with van der Waals surface area (Å²) in [6.07, 6.45) is 1.89. The summed E-state index contributed by atoms with van der Waals surface area (Å²) >= 11 is 0. The van der Waals surface area contributed by atoms with E-state index < -0.39 is 10.0 Å². The zero-order chi connectivity index (χ0) is 21.3. The van der Waals surface area contributed by atoms with Crippen LogP contribution >= 0.6 is 0 Å². The van der Waals surface area contributed by atoms with Crippen molar-refractivity contribution < 1.29 is 17.9 Å². The Balaban J connectivity index is 1.76. The number of ether oxygens (including phenoxy) is 1. The van der Waals surface area contributed by atoms with Crippen LogP contribution in [0, 0.1) is 0 Å². The molecule has 0 radical (unpaired) electrons. The van der Waals surface area contributed by atoms with Crippen LogP contribution in [0.4, 0.5) is 11.4 Å². The van der Waals surface area contributed by atoms with Gasteiger partial charge < -0.3 is 10.1 Å². The largest absolute Gasteiger partial charge is 0.492 e. The number of benzene rings is 3. The van der Waals surface area contributed by atoms with Crippen LogP contribution < -0.4 is 14.4 Å². The molecule has 3 aromatic rings. The van der Waals surface area contributed by atoms with E-state index in [1.807, 2.05) is 48.5 Å². The Morgan fingerprint density at radius 1 is 1.00 bits per heavy atom. The van der Waals surface area contributed by atoms with E-state index in [9.17, 15) is 13.2 Å². The Morgan fingerprint density at radius 3 is 2.50 bits per heavy atom. The Hall–Kier alpha value is -3.32. The lowest BCUT2D eigenvalue weighted by Gasteiger charge is -2.21. The molecule has 1 aliphatic rings. The Labute approximate surface area is 176 Å². The first kappa shape index (κ1) is 20.0. The number of fused-ring (bicyclic) bond motifs is 1. The highest BCUT2D eigenvalue weighted by Crippen LogP contribution is 2.34. The number of hydrogen-bond donors (Lipinski definition) is 1. The number of carbonyl (C=O) groups excluding carboxylic acids is 1. The van der Waals surface area contributed by atoms with Gasteiger partial charge in [-0.1, -0.05) is 48.5 Å². The van der Waals surface area contributed by atoms with Crippen LogP contribution in [0.5, 0.6) is 5.75 Å². The maximum Gasteiger partial charge on any atom is 0.259 e. The molecule has 0 atom stereocenters. The second kappa shape index (κ2) is 7.84.